The van der Waals surface area contributed by atoms with Crippen molar-refractivity contribution in [1.29, 1.82) is 0 Å². The van der Waals surface area contributed by atoms with Gasteiger partial charge in [0.15, 0.2) is 16.5 Å². The van der Waals surface area contributed by atoms with Gasteiger partial charge in [-0.05, 0) is 60.2 Å². The van der Waals surface area contributed by atoms with E-state index in [0.717, 1.165) is 30.0 Å². The van der Waals surface area contributed by atoms with Gasteiger partial charge in [-0.3, -0.25) is 14.3 Å². The van der Waals surface area contributed by atoms with Gasteiger partial charge in [-0.1, -0.05) is 17.4 Å². The molecule has 310 valence electrons. The van der Waals surface area contributed by atoms with Gasteiger partial charge >= 0.3 is 6.18 Å². The third kappa shape index (κ3) is 7.13. The number of carbonyl (C=O) groups excluding carboxylic acids is 2. The summed E-state index contributed by atoms with van der Waals surface area (Å²) in [6.45, 7) is 1.23. The Labute approximate surface area is 338 Å². The number of anilines is 2. The Kier molecular flexibility index (Phi) is 9.47. The summed E-state index contributed by atoms with van der Waals surface area (Å²) >= 11 is 1.27. The van der Waals surface area contributed by atoms with E-state index in [9.17, 15) is 35.9 Å². The highest BCUT2D eigenvalue weighted by atomic mass is 32.1. The highest BCUT2D eigenvalue weighted by molar-refractivity contribution is 7.22. The lowest BCUT2D eigenvalue weighted by atomic mass is 9.94. The van der Waals surface area contributed by atoms with Crippen LogP contribution in [0.2, 0.25) is 0 Å². The van der Waals surface area contributed by atoms with E-state index in [1.54, 1.807) is 18.5 Å². The number of alkyl halides is 5. The van der Waals surface area contributed by atoms with Crippen molar-refractivity contribution in [3.63, 3.8) is 0 Å². The van der Waals surface area contributed by atoms with E-state index in [2.05, 4.69) is 25.3 Å². The molecule has 1 aliphatic heterocycles. The molecule has 0 spiro atoms. The maximum absolute atomic E-state index is 15.4. The first-order valence-electron chi connectivity index (χ1n) is 18.5. The molecule has 0 bridgehead atoms. The van der Waals surface area contributed by atoms with Gasteiger partial charge < -0.3 is 20.9 Å². The van der Waals surface area contributed by atoms with Crippen molar-refractivity contribution < 1.29 is 44.7 Å². The lowest BCUT2D eigenvalue weighted by Crippen LogP contribution is -2.46. The molecule has 5 heterocycles. The van der Waals surface area contributed by atoms with Gasteiger partial charge in [-0.15, -0.1) is 0 Å². The van der Waals surface area contributed by atoms with Crippen molar-refractivity contribution in [1.82, 2.24) is 35.0 Å². The summed E-state index contributed by atoms with van der Waals surface area (Å²) in [4.78, 5) is 48.0. The molecule has 21 heteroatoms. The van der Waals surface area contributed by atoms with Crippen LogP contribution in [-0.4, -0.2) is 67.7 Å². The van der Waals surface area contributed by atoms with Crippen LogP contribution in [0.25, 0.3) is 21.5 Å². The second-order valence-electron chi connectivity index (χ2n) is 14.8. The van der Waals surface area contributed by atoms with Gasteiger partial charge in [0, 0.05) is 49.3 Å². The summed E-state index contributed by atoms with van der Waals surface area (Å²) in [5.74, 6) is -11.1. The maximum atomic E-state index is 15.4. The Morgan fingerprint density at radius 1 is 0.950 bits per heavy atom. The monoisotopic (exact) mass is 854 g/mol. The quantitative estimate of drug-likeness (QED) is 0.147. The summed E-state index contributed by atoms with van der Waals surface area (Å²) in [5, 5.41) is 6.64. The number of nitrogens with one attached hydrogen (secondary N) is 1. The van der Waals surface area contributed by atoms with E-state index in [-0.39, 0.29) is 40.9 Å². The zero-order valence-corrected chi connectivity index (χ0v) is 31.7. The lowest BCUT2D eigenvalue weighted by molar-refractivity contribution is -0.142. The zero-order valence-electron chi connectivity index (χ0n) is 30.9. The number of amides is 2. The predicted octanol–water partition coefficient (Wildman–Crippen LogP) is 6.52. The Hall–Kier alpha value is -6.25. The summed E-state index contributed by atoms with van der Waals surface area (Å²) < 4.78 is 118. The first-order valence-corrected chi connectivity index (χ1v) is 19.3. The van der Waals surface area contributed by atoms with Crippen LogP contribution in [0.3, 0.4) is 0 Å². The molecule has 1 saturated carbocycles. The van der Waals surface area contributed by atoms with Gasteiger partial charge in [-0.25, -0.2) is 28.1 Å². The van der Waals surface area contributed by atoms with Gasteiger partial charge in [0.05, 0.1) is 40.1 Å². The number of rotatable bonds is 10. The van der Waals surface area contributed by atoms with Crippen molar-refractivity contribution >= 4 is 44.3 Å². The number of fused-ring (bicyclic) bond motifs is 4. The Morgan fingerprint density at radius 2 is 1.65 bits per heavy atom. The maximum Gasteiger partial charge on any atom is 0.435 e. The predicted molar refractivity (Wildman–Crippen MR) is 201 cm³/mol. The average Bonchev–Trinajstić information content (AvgIpc) is 3.65. The standard InChI is InChI=1S/C39H30F8N10O2S/c40-20-7-18(8-21(41)11-20)9-28(51-30(58)16-57-34-31(33(54-57)39(45,46)47)24-12-26(24)38(34,43)44)32-23(19-1-2-27(42)25(10-19)35(48)59)13-29-36(52-32)53-37(60-29)56-5-3-55(4-6-56)22-14-49-17-50-15-22/h1-2,7-8,10-11,13-15,17,24,26,28H,3-6,9,12,16H2,(H2,48,59)(H,51,58)/t24-,26+,28-/m0/s1. The van der Waals surface area contributed by atoms with E-state index in [4.69, 9.17) is 15.7 Å². The molecule has 0 unspecified atom stereocenters. The van der Waals surface area contributed by atoms with Gasteiger partial charge in [-0.2, -0.15) is 32.0 Å². The fourth-order valence-electron chi connectivity index (χ4n) is 8.14. The smallest absolute Gasteiger partial charge is 0.366 e. The molecule has 3 aliphatic rings. The third-order valence-corrected chi connectivity index (χ3v) is 12.0. The number of thiazole rings is 1. The summed E-state index contributed by atoms with van der Waals surface area (Å²) in [5.41, 5.74) is 3.27. The Balaban J connectivity index is 1.12. The molecule has 0 radical (unpaired) electrons. The topological polar surface area (TPSA) is 148 Å². The highest BCUT2D eigenvalue weighted by Crippen LogP contribution is 2.68. The minimum Gasteiger partial charge on any atom is -0.366 e. The molecule has 2 aliphatic carbocycles. The Morgan fingerprint density at radius 3 is 2.33 bits per heavy atom. The zero-order chi connectivity index (χ0) is 42.2. The number of primary amides is 1. The van der Waals surface area contributed by atoms with E-state index in [0.29, 0.717) is 46.8 Å². The highest BCUT2D eigenvalue weighted by Gasteiger charge is 2.68. The van der Waals surface area contributed by atoms with Crippen LogP contribution in [0.5, 0.6) is 0 Å². The molecule has 60 heavy (non-hydrogen) atoms. The third-order valence-electron chi connectivity index (χ3n) is 10.9. The molecule has 2 fully saturated rings. The normalized spacial score (nSPS) is 18.7. The molecule has 1 saturated heterocycles. The average molecular weight is 855 g/mol. The van der Waals surface area contributed by atoms with Crippen molar-refractivity contribution in [2.75, 3.05) is 36.0 Å². The summed E-state index contributed by atoms with van der Waals surface area (Å²) in [6, 6.07) is 6.35. The molecule has 3 atom stereocenters. The number of piperazine rings is 1. The van der Waals surface area contributed by atoms with Crippen LogP contribution in [-0.2, 0) is 29.9 Å². The molecular weight excluding hydrogens is 825 g/mol. The van der Waals surface area contributed by atoms with E-state index in [1.165, 1.54) is 23.7 Å². The molecular formula is C39H30F8N10O2S. The fraction of sp³-hybridized carbons (Fsp3) is 0.308. The van der Waals surface area contributed by atoms with Crippen molar-refractivity contribution in [3.8, 4) is 11.1 Å². The van der Waals surface area contributed by atoms with E-state index >= 15 is 8.78 Å². The van der Waals surface area contributed by atoms with Crippen LogP contribution in [0.4, 0.5) is 45.9 Å². The molecule has 12 nitrogen and oxygen atoms in total. The first kappa shape index (κ1) is 39.2. The number of hydrogen-bond acceptors (Lipinski definition) is 10. The Bertz CT molecular complexity index is 2660. The van der Waals surface area contributed by atoms with Crippen molar-refractivity contribution in [2.45, 2.75) is 43.4 Å². The number of nitrogens with zero attached hydrogens (tertiary/aromatic N) is 8. The van der Waals surface area contributed by atoms with E-state index < -0.39 is 88.3 Å². The number of benzene rings is 2. The van der Waals surface area contributed by atoms with Crippen LogP contribution in [0.15, 0.2) is 61.2 Å². The molecule has 4 aromatic heterocycles. The minimum absolute atomic E-state index is 0.00851. The largest absolute Gasteiger partial charge is 0.435 e. The van der Waals surface area contributed by atoms with Gasteiger partial charge in [0.1, 0.15) is 36.0 Å². The first-order chi connectivity index (χ1) is 28.5. The number of halogens is 8. The van der Waals surface area contributed by atoms with Gasteiger partial charge in [0.25, 0.3) is 11.8 Å². The van der Waals surface area contributed by atoms with Crippen LogP contribution >= 0.6 is 11.3 Å². The second kappa shape index (κ2) is 14.5. The molecule has 6 aromatic rings. The SMILES string of the molecule is NC(=O)c1cc(-c2cc3sc(N4CCN(c5cncnc5)CC4)nc3nc2[C@H](Cc2cc(F)cc(F)c2)NC(=O)Cn2nc(C(F)(F)F)c3c2C(F)(F)[C@@H]2C[C@H]32)ccc1F. The summed E-state index contributed by atoms with van der Waals surface area (Å²) in [6.07, 6.45) is -0.763. The molecule has 9 rings (SSSR count). The lowest BCUT2D eigenvalue weighted by Gasteiger charge is -2.35. The minimum atomic E-state index is -5.08. The van der Waals surface area contributed by atoms with Crippen LogP contribution in [0.1, 0.15) is 56.9 Å². The van der Waals surface area contributed by atoms with Gasteiger partial charge in [0.2, 0.25) is 5.91 Å². The number of nitrogens with two attached hydrogens (primary N) is 1. The van der Waals surface area contributed by atoms with Crippen molar-refractivity contribution in [3.05, 3.63) is 112 Å². The second-order valence-corrected chi connectivity index (χ2v) is 15.8. The fourth-order valence-corrected chi connectivity index (χ4v) is 9.14. The molecule has 2 amide bonds. The van der Waals surface area contributed by atoms with Crippen LogP contribution in [0, 0.1) is 23.4 Å². The molecule has 2 aromatic carbocycles. The molecule has 3 N–H and O–H groups in total. The van der Waals surface area contributed by atoms with E-state index in [1.807, 2.05) is 4.90 Å². The number of carbonyl (C=O) groups is 2. The van der Waals surface area contributed by atoms with Crippen molar-refractivity contribution in [2.24, 2.45) is 11.7 Å². The summed E-state index contributed by atoms with van der Waals surface area (Å²) in [7, 11) is 0. The number of aromatic nitrogens is 6. The van der Waals surface area contributed by atoms with Crippen LogP contribution < -0.4 is 20.9 Å². The number of hydrogen-bond donors (Lipinski definition) is 2. The number of pyridine rings is 1.